The Kier molecular flexibility index (Phi) is 6.93. The first-order chi connectivity index (χ1) is 17.6. The number of benzene rings is 4. The summed E-state index contributed by atoms with van der Waals surface area (Å²) in [6.45, 7) is 14.9. The van der Waals surface area contributed by atoms with E-state index in [2.05, 4.69) is 136 Å². The zero-order chi connectivity index (χ0) is 26.3. The van der Waals surface area contributed by atoms with Crippen molar-refractivity contribution >= 4 is 26.5 Å². The highest BCUT2D eigenvalue weighted by molar-refractivity contribution is 6.89. The molecule has 0 nitrogen and oxygen atoms in total. The van der Waals surface area contributed by atoms with Crippen LogP contribution in [0.4, 0.5) is 0 Å². The van der Waals surface area contributed by atoms with Crippen LogP contribution >= 0.6 is 0 Å². The average Bonchev–Trinajstić information content (AvgIpc) is 3.15. The van der Waals surface area contributed by atoms with Gasteiger partial charge in [-0.15, -0.1) is 0 Å². The Hall–Kier alpha value is -2.69. The van der Waals surface area contributed by atoms with E-state index in [1.54, 1.807) is 21.5 Å². The van der Waals surface area contributed by atoms with Crippen LogP contribution < -0.4 is 10.4 Å². The van der Waals surface area contributed by atoms with Crippen LogP contribution in [-0.2, 0) is 18.3 Å². The quantitative estimate of drug-likeness (QED) is 0.206. The summed E-state index contributed by atoms with van der Waals surface area (Å²) in [6, 6.07) is 37.3. The normalized spacial score (nSPS) is 14.3. The number of hydrogen-bond acceptors (Lipinski definition) is 0. The van der Waals surface area contributed by atoms with E-state index in [1.165, 1.54) is 22.3 Å². The van der Waals surface area contributed by atoms with Gasteiger partial charge in [0, 0.05) is 5.41 Å². The Morgan fingerprint density at radius 3 is 1.22 bits per heavy atom. The second kappa shape index (κ2) is 9.89. The van der Waals surface area contributed by atoms with E-state index in [4.69, 9.17) is 0 Å². The summed E-state index contributed by atoms with van der Waals surface area (Å²) in [6.07, 6.45) is 4.49. The van der Waals surface area contributed by atoms with Crippen molar-refractivity contribution in [3.63, 3.8) is 0 Å². The van der Waals surface area contributed by atoms with Gasteiger partial charge in [0.05, 0.1) is 16.1 Å². The molecule has 0 fully saturated rings. The lowest BCUT2D eigenvalue weighted by Gasteiger charge is -2.34. The van der Waals surface area contributed by atoms with E-state index < -0.39 is 16.1 Å². The topological polar surface area (TPSA) is 0 Å². The summed E-state index contributed by atoms with van der Waals surface area (Å²) in [5.41, 5.74) is 9.03. The Labute approximate surface area is 226 Å². The van der Waals surface area contributed by atoms with E-state index in [0.717, 1.165) is 25.7 Å². The maximum absolute atomic E-state index is 2.63. The van der Waals surface area contributed by atoms with E-state index in [-0.39, 0.29) is 5.41 Å². The van der Waals surface area contributed by atoms with Crippen LogP contribution in [0.3, 0.4) is 0 Å². The summed E-state index contributed by atoms with van der Waals surface area (Å²) in [5, 5.41) is 3.15. The average molecular weight is 519 g/mol. The molecule has 37 heavy (non-hydrogen) atoms. The first-order valence-electron chi connectivity index (χ1n) is 14.0. The summed E-state index contributed by atoms with van der Waals surface area (Å²) >= 11 is 0. The Morgan fingerprint density at radius 2 is 0.865 bits per heavy atom. The molecular formula is C35H42Si2. The van der Waals surface area contributed by atoms with Crippen LogP contribution in [0, 0.1) is 0 Å². The van der Waals surface area contributed by atoms with Gasteiger partial charge in [0.25, 0.3) is 0 Å². The number of rotatable bonds is 8. The van der Waals surface area contributed by atoms with Crippen LogP contribution in [-0.4, -0.2) is 16.1 Å². The van der Waals surface area contributed by atoms with Gasteiger partial charge in [-0.05, 0) is 59.1 Å². The second-order valence-corrected chi connectivity index (χ2v) is 23.2. The first kappa shape index (κ1) is 25.9. The van der Waals surface area contributed by atoms with E-state index in [9.17, 15) is 0 Å². The van der Waals surface area contributed by atoms with Crippen molar-refractivity contribution in [2.24, 2.45) is 0 Å². The molecule has 0 unspecified atom stereocenters. The summed E-state index contributed by atoms with van der Waals surface area (Å²) in [7, 11) is -2.90. The molecule has 0 saturated heterocycles. The molecule has 0 atom stereocenters. The lowest BCUT2D eigenvalue weighted by atomic mass is 9.70. The SMILES string of the molecule is C[Si](C)(C)c1ccc2c(c1)C(CCc1ccccc1)(CCc1ccccc1)c1cc([Si](C)(C)C)ccc1-2. The third kappa shape index (κ3) is 5.19. The molecule has 1 aliphatic rings. The molecule has 0 spiro atoms. The van der Waals surface area contributed by atoms with Gasteiger partial charge in [-0.2, -0.15) is 0 Å². The van der Waals surface area contributed by atoms with Crippen LogP contribution in [0.5, 0.6) is 0 Å². The smallest absolute Gasteiger partial charge is 0.0656 e. The molecule has 0 aliphatic heterocycles. The molecule has 0 radical (unpaired) electrons. The number of fused-ring (bicyclic) bond motifs is 3. The third-order valence-electron chi connectivity index (χ3n) is 8.46. The van der Waals surface area contributed by atoms with Gasteiger partial charge in [-0.3, -0.25) is 0 Å². The zero-order valence-corrected chi connectivity index (χ0v) is 25.6. The molecule has 0 N–H and O–H groups in total. The molecule has 0 heterocycles. The molecule has 1 aliphatic carbocycles. The monoisotopic (exact) mass is 518 g/mol. The summed E-state index contributed by atoms with van der Waals surface area (Å²) in [4.78, 5) is 0. The lowest BCUT2D eigenvalue weighted by Crippen LogP contribution is -2.40. The molecule has 0 aromatic heterocycles. The molecular weight excluding hydrogens is 477 g/mol. The van der Waals surface area contributed by atoms with Crippen molar-refractivity contribution in [1.82, 2.24) is 0 Å². The predicted octanol–water partition coefficient (Wildman–Crippen LogP) is 8.31. The third-order valence-corrected chi connectivity index (χ3v) is 12.5. The van der Waals surface area contributed by atoms with Crippen molar-refractivity contribution in [2.45, 2.75) is 70.4 Å². The van der Waals surface area contributed by atoms with Gasteiger partial charge in [0.15, 0.2) is 0 Å². The van der Waals surface area contributed by atoms with Crippen LogP contribution in [0.25, 0.3) is 11.1 Å². The minimum atomic E-state index is -1.45. The van der Waals surface area contributed by atoms with Gasteiger partial charge < -0.3 is 0 Å². The van der Waals surface area contributed by atoms with Gasteiger partial charge >= 0.3 is 0 Å². The fourth-order valence-electron chi connectivity index (χ4n) is 6.10. The van der Waals surface area contributed by atoms with Gasteiger partial charge in [-0.1, -0.05) is 147 Å². The predicted molar refractivity (Wildman–Crippen MR) is 168 cm³/mol. The minimum Gasteiger partial charge on any atom is -0.0656 e. The number of hydrogen-bond donors (Lipinski definition) is 0. The molecule has 4 aromatic rings. The molecule has 4 aromatic carbocycles. The standard InChI is InChI=1S/C35H42Si2/c1-36(2,3)29-17-19-31-32-20-18-30(37(4,5)6)26-34(32)35(33(31)25-29,23-21-27-13-9-7-10-14-27)24-22-28-15-11-8-12-16-28/h7-20,25-26H,21-24H2,1-6H3. The largest absolute Gasteiger partial charge is 0.0776 e. The van der Waals surface area contributed by atoms with Crippen molar-refractivity contribution in [1.29, 1.82) is 0 Å². The highest BCUT2D eigenvalue weighted by Crippen LogP contribution is 2.53. The summed E-state index contributed by atoms with van der Waals surface area (Å²) < 4.78 is 0. The van der Waals surface area contributed by atoms with Crippen LogP contribution in [0.2, 0.25) is 39.3 Å². The molecule has 0 amide bonds. The Balaban J connectivity index is 1.71. The number of aryl methyl sites for hydroxylation is 2. The van der Waals surface area contributed by atoms with E-state index >= 15 is 0 Å². The fraction of sp³-hybridized carbons (Fsp3) is 0.314. The molecule has 5 rings (SSSR count). The van der Waals surface area contributed by atoms with Crippen molar-refractivity contribution < 1.29 is 0 Å². The van der Waals surface area contributed by atoms with Crippen molar-refractivity contribution in [3.8, 4) is 11.1 Å². The highest BCUT2D eigenvalue weighted by Gasteiger charge is 2.43. The van der Waals surface area contributed by atoms with Gasteiger partial charge in [-0.25, -0.2) is 0 Å². The van der Waals surface area contributed by atoms with Crippen LogP contribution in [0.15, 0.2) is 97.1 Å². The lowest BCUT2D eigenvalue weighted by molar-refractivity contribution is 0.447. The molecule has 0 bridgehead atoms. The highest BCUT2D eigenvalue weighted by atomic mass is 28.3. The Bertz CT molecular complexity index is 1260. The maximum Gasteiger partial charge on any atom is 0.0776 e. The van der Waals surface area contributed by atoms with Gasteiger partial charge in [0.1, 0.15) is 0 Å². The van der Waals surface area contributed by atoms with Crippen molar-refractivity contribution in [2.75, 3.05) is 0 Å². The van der Waals surface area contributed by atoms with E-state index in [0.29, 0.717) is 0 Å². The molecule has 0 saturated carbocycles. The molecule has 2 heteroatoms. The van der Waals surface area contributed by atoms with Crippen molar-refractivity contribution in [3.05, 3.63) is 119 Å². The van der Waals surface area contributed by atoms with Gasteiger partial charge in [0.2, 0.25) is 0 Å². The minimum absolute atomic E-state index is 0.0294. The molecule has 190 valence electrons. The van der Waals surface area contributed by atoms with Crippen LogP contribution in [0.1, 0.15) is 35.1 Å². The summed E-state index contributed by atoms with van der Waals surface area (Å²) in [5.74, 6) is 0. The Morgan fingerprint density at radius 1 is 0.486 bits per heavy atom. The van der Waals surface area contributed by atoms with E-state index in [1.807, 2.05) is 0 Å². The maximum atomic E-state index is 2.63. The zero-order valence-electron chi connectivity index (χ0n) is 23.6. The fourth-order valence-corrected chi connectivity index (χ4v) is 8.42. The second-order valence-electron chi connectivity index (χ2n) is 13.1. The first-order valence-corrected chi connectivity index (χ1v) is 21.0.